The highest BCUT2D eigenvalue weighted by atomic mass is 16.2. The van der Waals surface area contributed by atoms with Crippen molar-refractivity contribution in [3.05, 3.63) is 59.2 Å². The molecule has 0 unspecified atom stereocenters. The van der Waals surface area contributed by atoms with Gasteiger partial charge < -0.3 is 10.2 Å². The molecule has 120 valence electrons. The molecule has 0 aliphatic carbocycles. The van der Waals surface area contributed by atoms with Gasteiger partial charge in [-0.2, -0.15) is 0 Å². The van der Waals surface area contributed by atoms with Crippen LogP contribution in [0.5, 0.6) is 0 Å². The molecule has 0 spiro atoms. The number of aryl methyl sites for hydroxylation is 3. The van der Waals surface area contributed by atoms with E-state index in [0.717, 1.165) is 28.1 Å². The fourth-order valence-corrected chi connectivity index (χ4v) is 2.34. The van der Waals surface area contributed by atoms with Gasteiger partial charge in [0, 0.05) is 18.3 Å². The molecule has 2 aromatic rings. The number of hydrogen-bond acceptors (Lipinski definition) is 2. The van der Waals surface area contributed by atoms with Gasteiger partial charge in [0.2, 0.25) is 11.8 Å². The quantitative estimate of drug-likeness (QED) is 0.938. The minimum Gasteiger partial charge on any atom is -0.325 e. The molecule has 2 aromatic carbocycles. The standard InChI is InChI=1S/C19H22N2O2/c1-13-6-5-7-17(10-13)20-19(23)12-21(16(4)22)18-9-8-14(2)15(3)11-18/h5-11H,12H2,1-4H3,(H,20,23). The lowest BCUT2D eigenvalue weighted by molar-refractivity contribution is -0.120. The van der Waals surface area contributed by atoms with E-state index < -0.39 is 0 Å². The lowest BCUT2D eigenvalue weighted by Gasteiger charge is -2.21. The maximum Gasteiger partial charge on any atom is 0.244 e. The van der Waals surface area contributed by atoms with Gasteiger partial charge in [0.15, 0.2) is 0 Å². The van der Waals surface area contributed by atoms with Crippen LogP contribution in [0.25, 0.3) is 0 Å². The van der Waals surface area contributed by atoms with Crippen LogP contribution in [0.15, 0.2) is 42.5 Å². The van der Waals surface area contributed by atoms with Gasteiger partial charge in [-0.25, -0.2) is 0 Å². The van der Waals surface area contributed by atoms with Crippen LogP contribution in [0.3, 0.4) is 0 Å². The summed E-state index contributed by atoms with van der Waals surface area (Å²) in [6.07, 6.45) is 0. The van der Waals surface area contributed by atoms with Crippen LogP contribution in [0.2, 0.25) is 0 Å². The molecule has 4 heteroatoms. The zero-order chi connectivity index (χ0) is 17.0. The number of anilines is 2. The van der Waals surface area contributed by atoms with Crippen molar-refractivity contribution in [2.24, 2.45) is 0 Å². The van der Waals surface area contributed by atoms with Crippen LogP contribution in [-0.2, 0) is 9.59 Å². The van der Waals surface area contributed by atoms with E-state index in [-0.39, 0.29) is 18.4 Å². The molecular weight excluding hydrogens is 288 g/mol. The van der Waals surface area contributed by atoms with Gasteiger partial charge >= 0.3 is 0 Å². The van der Waals surface area contributed by atoms with Gasteiger partial charge in [0.1, 0.15) is 6.54 Å². The second kappa shape index (κ2) is 7.09. The molecule has 0 saturated carbocycles. The van der Waals surface area contributed by atoms with Crippen LogP contribution < -0.4 is 10.2 Å². The van der Waals surface area contributed by atoms with Crippen LogP contribution in [0, 0.1) is 20.8 Å². The number of nitrogens with one attached hydrogen (secondary N) is 1. The smallest absolute Gasteiger partial charge is 0.244 e. The first-order valence-corrected chi connectivity index (χ1v) is 7.58. The molecule has 0 fully saturated rings. The van der Waals surface area contributed by atoms with E-state index in [1.807, 2.05) is 63.2 Å². The Labute approximate surface area is 137 Å². The summed E-state index contributed by atoms with van der Waals surface area (Å²) in [5.41, 5.74) is 4.79. The Morgan fingerprint density at radius 2 is 1.74 bits per heavy atom. The first-order chi connectivity index (χ1) is 10.9. The molecule has 0 aliphatic heterocycles. The van der Waals surface area contributed by atoms with Crippen molar-refractivity contribution in [3.63, 3.8) is 0 Å². The van der Waals surface area contributed by atoms with Gasteiger partial charge in [-0.15, -0.1) is 0 Å². The van der Waals surface area contributed by atoms with E-state index >= 15 is 0 Å². The largest absolute Gasteiger partial charge is 0.325 e. The summed E-state index contributed by atoms with van der Waals surface area (Å²) < 4.78 is 0. The van der Waals surface area contributed by atoms with Crippen LogP contribution in [0.1, 0.15) is 23.6 Å². The number of benzene rings is 2. The Bertz CT molecular complexity index is 738. The van der Waals surface area contributed by atoms with Crippen molar-refractivity contribution in [3.8, 4) is 0 Å². The Balaban J connectivity index is 2.14. The first kappa shape index (κ1) is 16.7. The second-order valence-electron chi connectivity index (χ2n) is 5.79. The summed E-state index contributed by atoms with van der Waals surface area (Å²) in [4.78, 5) is 25.7. The number of carbonyl (C=O) groups excluding carboxylic acids is 2. The number of nitrogens with zero attached hydrogens (tertiary/aromatic N) is 1. The Morgan fingerprint density at radius 3 is 2.35 bits per heavy atom. The summed E-state index contributed by atoms with van der Waals surface area (Å²) in [6.45, 7) is 7.43. The number of carbonyl (C=O) groups is 2. The SMILES string of the molecule is CC(=O)N(CC(=O)Nc1cccc(C)c1)c1ccc(C)c(C)c1. The molecule has 4 nitrogen and oxygen atoms in total. The highest BCUT2D eigenvalue weighted by Crippen LogP contribution is 2.19. The van der Waals surface area contributed by atoms with Crippen molar-refractivity contribution in [2.45, 2.75) is 27.7 Å². The molecule has 23 heavy (non-hydrogen) atoms. The zero-order valence-corrected chi connectivity index (χ0v) is 14.0. The maximum absolute atomic E-state index is 12.3. The van der Waals surface area contributed by atoms with E-state index in [1.54, 1.807) is 0 Å². The zero-order valence-electron chi connectivity index (χ0n) is 14.0. The second-order valence-corrected chi connectivity index (χ2v) is 5.79. The molecule has 2 rings (SSSR count). The van der Waals surface area contributed by atoms with E-state index in [0.29, 0.717) is 0 Å². The lowest BCUT2D eigenvalue weighted by Crippen LogP contribution is -2.36. The topological polar surface area (TPSA) is 49.4 Å². The van der Waals surface area contributed by atoms with E-state index in [1.165, 1.54) is 11.8 Å². The van der Waals surface area contributed by atoms with E-state index in [4.69, 9.17) is 0 Å². The molecule has 0 radical (unpaired) electrons. The minimum absolute atomic E-state index is 0.00816. The number of hydrogen-bond donors (Lipinski definition) is 1. The average Bonchev–Trinajstić information content (AvgIpc) is 2.47. The molecule has 2 amide bonds. The third kappa shape index (κ3) is 4.42. The third-order valence-electron chi connectivity index (χ3n) is 3.79. The van der Waals surface area contributed by atoms with Crippen LogP contribution in [0.4, 0.5) is 11.4 Å². The van der Waals surface area contributed by atoms with Crippen LogP contribution in [-0.4, -0.2) is 18.4 Å². The Hall–Kier alpha value is -2.62. The van der Waals surface area contributed by atoms with Gasteiger partial charge in [0.25, 0.3) is 0 Å². The van der Waals surface area contributed by atoms with Gasteiger partial charge in [-0.1, -0.05) is 18.2 Å². The predicted molar refractivity (Wildman–Crippen MR) is 93.8 cm³/mol. The number of amides is 2. The first-order valence-electron chi connectivity index (χ1n) is 7.58. The maximum atomic E-state index is 12.3. The monoisotopic (exact) mass is 310 g/mol. The van der Waals surface area contributed by atoms with Crippen molar-refractivity contribution >= 4 is 23.2 Å². The predicted octanol–water partition coefficient (Wildman–Crippen LogP) is 3.60. The lowest BCUT2D eigenvalue weighted by atomic mass is 10.1. The molecule has 0 heterocycles. The summed E-state index contributed by atoms with van der Waals surface area (Å²) >= 11 is 0. The Morgan fingerprint density at radius 1 is 1.00 bits per heavy atom. The van der Waals surface area contributed by atoms with Crippen LogP contribution >= 0.6 is 0 Å². The molecule has 0 atom stereocenters. The third-order valence-corrected chi connectivity index (χ3v) is 3.79. The summed E-state index contributed by atoms with van der Waals surface area (Å²) in [5, 5.41) is 2.83. The molecule has 0 aromatic heterocycles. The fraction of sp³-hybridized carbons (Fsp3) is 0.263. The van der Waals surface area contributed by atoms with E-state index in [9.17, 15) is 9.59 Å². The van der Waals surface area contributed by atoms with Crippen molar-refractivity contribution in [1.29, 1.82) is 0 Å². The molecule has 0 saturated heterocycles. The average molecular weight is 310 g/mol. The molecule has 1 N–H and O–H groups in total. The Kier molecular flexibility index (Phi) is 5.16. The van der Waals surface area contributed by atoms with E-state index in [2.05, 4.69) is 5.32 Å². The molecule has 0 aliphatic rings. The normalized spacial score (nSPS) is 10.3. The van der Waals surface area contributed by atoms with Gasteiger partial charge in [-0.3, -0.25) is 9.59 Å². The number of rotatable bonds is 4. The fourth-order valence-electron chi connectivity index (χ4n) is 2.34. The minimum atomic E-state index is -0.218. The van der Waals surface area contributed by atoms with Crippen molar-refractivity contribution in [1.82, 2.24) is 0 Å². The summed E-state index contributed by atoms with van der Waals surface area (Å²) in [6, 6.07) is 13.3. The highest BCUT2D eigenvalue weighted by Gasteiger charge is 2.16. The molecule has 0 bridgehead atoms. The molecular formula is C19H22N2O2. The summed E-state index contributed by atoms with van der Waals surface area (Å²) in [5.74, 6) is -0.378. The highest BCUT2D eigenvalue weighted by molar-refractivity contribution is 6.01. The van der Waals surface area contributed by atoms with Gasteiger partial charge in [0.05, 0.1) is 0 Å². The van der Waals surface area contributed by atoms with Crippen molar-refractivity contribution < 1.29 is 9.59 Å². The van der Waals surface area contributed by atoms with Crippen molar-refractivity contribution in [2.75, 3.05) is 16.8 Å². The summed E-state index contributed by atoms with van der Waals surface area (Å²) in [7, 11) is 0. The van der Waals surface area contributed by atoms with Gasteiger partial charge in [-0.05, 0) is 61.7 Å².